The number of aliphatic hydroxyl groups excluding tert-OH is 1. The fourth-order valence-corrected chi connectivity index (χ4v) is 2.26. The molecule has 0 amide bonds. The quantitative estimate of drug-likeness (QED) is 0.732. The van der Waals surface area contributed by atoms with Gasteiger partial charge in [-0.2, -0.15) is 0 Å². The monoisotopic (exact) mass is 192 g/mol. The van der Waals surface area contributed by atoms with E-state index in [2.05, 4.69) is 16.4 Å². The molecule has 2 atom stereocenters. The van der Waals surface area contributed by atoms with Crippen LogP contribution in [0.5, 0.6) is 0 Å². The second-order valence-corrected chi connectivity index (χ2v) is 4.01. The number of hydrogen-bond acceptors (Lipinski definition) is 3. The topological polar surface area (TPSA) is 45.2 Å². The molecule has 1 fully saturated rings. The molecule has 0 radical (unpaired) electrons. The first kappa shape index (κ1) is 9.62. The number of likely N-dealkylation sites (N-methyl/N-ethyl adjacent to an activating group) is 1. The van der Waals surface area contributed by atoms with Crippen molar-refractivity contribution in [3.05, 3.63) is 30.1 Å². The van der Waals surface area contributed by atoms with Crippen LogP contribution in [-0.2, 0) is 5.41 Å². The lowest BCUT2D eigenvalue weighted by Crippen LogP contribution is -2.26. The van der Waals surface area contributed by atoms with Gasteiger partial charge in [0, 0.05) is 31.0 Å². The molecule has 0 bridgehead atoms. The van der Waals surface area contributed by atoms with Crippen LogP contribution in [0.25, 0.3) is 0 Å². The Hall–Kier alpha value is -0.930. The fraction of sp³-hybridized carbons (Fsp3) is 0.545. The van der Waals surface area contributed by atoms with Crippen molar-refractivity contribution in [2.24, 2.45) is 5.92 Å². The van der Waals surface area contributed by atoms with Gasteiger partial charge in [0.15, 0.2) is 0 Å². The number of pyridine rings is 1. The molecule has 0 aromatic carbocycles. The molecular formula is C11H16N2O. The van der Waals surface area contributed by atoms with Gasteiger partial charge in [0.25, 0.3) is 0 Å². The second kappa shape index (κ2) is 3.67. The number of rotatable bonds is 4. The normalized spacial score (nSPS) is 30.3. The first-order chi connectivity index (χ1) is 6.83. The third-order valence-electron chi connectivity index (χ3n) is 3.18. The van der Waals surface area contributed by atoms with Crippen LogP contribution in [0.1, 0.15) is 12.0 Å². The lowest BCUT2D eigenvalue weighted by atomic mass is 9.95. The Kier molecular flexibility index (Phi) is 2.52. The molecule has 1 aromatic rings. The van der Waals surface area contributed by atoms with E-state index in [0.717, 1.165) is 13.0 Å². The summed E-state index contributed by atoms with van der Waals surface area (Å²) in [6.45, 7) is 1.19. The molecule has 76 valence electrons. The highest BCUT2D eigenvalue weighted by Gasteiger charge is 2.54. The van der Waals surface area contributed by atoms with Gasteiger partial charge in [-0.3, -0.25) is 4.98 Å². The molecule has 0 aliphatic heterocycles. The molecule has 1 aliphatic carbocycles. The van der Waals surface area contributed by atoms with Crippen LogP contribution >= 0.6 is 0 Å². The summed E-state index contributed by atoms with van der Waals surface area (Å²) in [5.74, 6) is 0.402. The molecular weight excluding hydrogens is 176 g/mol. The van der Waals surface area contributed by atoms with E-state index in [4.69, 9.17) is 0 Å². The summed E-state index contributed by atoms with van der Waals surface area (Å²) < 4.78 is 0. The van der Waals surface area contributed by atoms with Crippen LogP contribution in [0, 0.1) is 5.92 Å². The average Bonchev–Trinajstić information content (AvgIpc) is 2.95. The van der Waals surface area contributed by atoms with Gasteiger partial charge in [0.1, 0.15) is 0 Å². The SMILES string of the molecule is CNCC1(c2cccnc2)CC1CO. The maximum absolute atomic E-state index is 9.18. The third kappa shape index (κ3) is 1.42. The number of nitrogens with zero attached hydrogens (tertiary/aromatic N) is 1. The van der Waals surface area contributed by atoms with Crippen molar-refractivity contribution in [2.75, 3.05) is 20.2 Å². The van der Waals surface area contributed by atoms with Crippen LogP contribution < -0.4 is 5.32 Å². The van der Waals surface area contributed by atoms with Gasteiger partial charge in [0.05, 0.1) is 0 Å². The molecule has 0 spiro atoms. The summed E-state index contributed by atoms with van der Waals surface area (Å²) >= 11 is 0. The lowest BCUT2D eigenvalue weighted by Gasteiger charge is -2.16. The standard InChI is InChI=1S/C11H16N2O/c1-12-8-11(5-10(11)7-14)9-3-2-4-13-6-9/h2-4,6,10,12,14H,5,7-8H2,1H3. The Morgan fingerprint density at radius 1 is 1.71 bits per heavy atom. The van der Waals surface area contributed by atoms with Gasteiger partial charge >= 0.3 is 0 Å². The minimum absolute atomic E-state index is 0.137. The van der Waals surface area contributed by atoms with E-state index in [1.807, 2.05) is 19.3 Å². The van der Waals surface area contributed by atoms with Gasteiger partial charge in [-0.05, 0) is 31.0 Å². The van der Waals surface area contributed by atoms with Crippen LogP contribution in [0.15, 0.2) is 24.5 Å². The maximum atomic E-state index is 9.18. The fourth-order valence-electron chi connectivity index (χ4n) is 2.26. The molecule has 1 heterocycles. The van der Waals surface area contributed by atoms with Crippen molar-refractivity contribution < 1.29 is 5.11 Å². The zero-order valence-electron chi connectivity index (χ0n) is 8.40. The zero-order valence-corrected chi connectivity index (χ0v) is 8.40. The van der Waals surface area contributed by atoms with Crippen molar-refractivity contribution >= 4 is 0 Å². The summed E-state index contributed by atoms with van der Waals surface area (Å²) in [4.78, 5) is 4.13. The Labute approximate surface area is 84.2 Å². The molecule has 0 saturated heterocycles. The predicted octanol–water partition coefficient (Wildman–Crippen LogP) is 0.551. The molecule has 2 rings (SSSR count). The second-order valence-electron chi connectivity index (χ2n) is 4.01. The highest BCUT2D eigenvalue weighted by molar-refractivity contribution is 5.32. The van der Waals surface area contributed by atoms with Gasteiger partial charge in [0.2, 0.25) is 0 Å². The molecule has 3 nitrogen and oxygen atoms in total. The highest BCUT2D eigenvalue weighted by atomic mass is 16.3. The van der Waals surface area contributed by atoms with Crippen molar-refractivity contribution in [1.29, 1.82) is 0 Å². The van der Waals surface area contributed by atoms with Gasteiger partial charge in [-0.15, -0.1) is 0 Å². The van der Waals surface area contributed by atoms with Gasteiger partial charge < -0.3 is 10.4 Å². The van der Waals surface area contributed by atoms with Crippen molar-refractivity contribution in [3.63, 3.8) is 0 Å². The van der Waals surface area contributed by atoms with Gasteiger partial charge in [-0.25, -0.2) is 0 Å². The Morgan fingerprint density at radius 2 is 2.57 bits per heavy atom. The molecule has 2 unspecified atom stereocenters. The van der Waals surface area contributed by atoms with E-state index in [1.165, 1.54) is 5.56 Å². The van der Waals surface area contributed by atoms with E-state index in [1.54, 1.807) is 6.20 Å². The molecule has 1 saturated carbocycles. The average molecular weight is 192 g/mol. The number of nitrogens with one attached hydrogen (secondary N) is 1. The van der Waals surface area contributed by atoms with E-state index >= 15 is 0 Å². The number of aliphatic hydroxyl groups is 1. The van der Waals surface area contributed by atoms with Crippen molar-refractivity contribution in [2.45, 2.75) is 11.8 Å². The van der Waals surface area contributed by atoms with E-state index < -0.39 is 0 Å². The molecule has 3 heteroatoms. The number of hydrogen-bond donors (Lipinski definition) is 2. The summed E-state index contributed by atoms with van der Waals surface area (Å²) in [7, 11) is 1.95. The molecule has 1 aliphatic rings. The smallest absolute Gasteiger partial charge is 0.0468 e. The summed E-state index contributed by atoms with van der Waals surface area (Å²) in [6, 6.07) is 4.06. The molecule has 2 N–H and O–H groups in total. The maximum Gasteiger partial charge on any atom is 0.0468 e. The van der Waals surface area contributed by atoms with E-state index in [-0.39, 0.29) is 12.0 Å². The first-order valence-corrected chi connectivity index (χ1v) is 4.99. The zero-order chi connectivity index (χ0) is 10.0. The summed E-state index contributed by atoms with van der Waals surface area (Å²) in [5.41, 5.74) is 1.38. The first-order valence-electron chi connectivity index (χ1n) is 4.99. The van der Waals surface area contributed by atoms with E-state index in [9.17, 15) is 5.11 Å². The summed E-state index contributed by atoms with van der Waals surface area (Å²) in [6.07, 6.45) is 4.76. The highest BCUT2D eigenvalue weighted by Crippen LogP contribution is 2.53. The van der Waals surface area contributed by atoms with Crippen LogP contribution in [0.2, 0.25) is 0 Å². The van der Waals surface area contributed by atoms with Crippen LogP contribution in [0.3, 0.4) is 0 Å². The van der Waals surface area contributed by atoms with E-state index in [0.29, 0.717) is 5.92 Å². The Balaban J connectivity index is 2.22. The molecule has 14 heavy (non-hydrogen) atoms. The Morgan fingerprint density at radius 3 is 3.07 bits per heavy atom. The molecule has 1 aromatic heterocycles. The predicted molar refractivity (Wildman–Crippen MR) is 55.0 cm³/mol. The van der Waals surface area contributed by atoms with Crippen LogP contribution in [-0.4, -0.2) is 30.3 Å². The lowest BCUT2D eigenvalue weighted by molar-refractivity contribution is 0.262. The minimum atomic E-state index is 0.137. The largest absolute Gasteiger partial charge is 0.396 e. The van der Waals surface area contributed by atoms with Gasteiger partial charge in [-0.1, -0.05) is 6.07 Å². The number of aromatic nitrogens is 1. The summed E-state index contributed by atoms with van der Waals surface area (Å²) in [5, 5.41) is 12.4. The third-order valence-corrected chi connectivity index (χ3v) is 3.18. The van der Waals surface area contributed by atoms with Crippen molar-refractivity contribution in [1.82, 2.24) is 10.3 Å². The van der Waals surface area contributed by atoms with Crippen LogP contribution in [0.4, 0.5) is 0 Å². The minimum Gasteiger partial charge on any atom is -0.396 e. The van der Waals surface area contributed by atoms with Crippen molar-refractivity contribution in [3.8, 4) is 0 Å². The Bertz CT molecular complexity index is 301.